The molecule has 1 aromatic rings. The molecule has 7 nitrogen and oxygen atoms in total. The van der Waals surface area contributed by atoms with Crippen molar-refractivity contribution in [3.63, 3.8) is 0 Å². The van der Waals surface area contributed by atoms with Gasteiger partial charge in [-0.2, -0.15) is 0 Å². The fraction of sp³-hybridized carbons (Fsp3) is 0.600. The van der Waals surface area contributed by atoms with E-state index in [4.69, 9.17) is 16.3 Å². The van der Waals surface area contributed by atoms with Crippen LogP contribution in [0.3, 0.4) is 0 Å². The zero-order valence-electron chi connectivity index (χ0n) is 10.5. The van der Waals surface area contributed by atoms with Crippen molar-refractivity contribution in [2.24, 2.45) is 0 Å². The average molecular weight is 341 g/mol. The first kappa shape index (κ1) is 15.6. The van der Waals surface area contributed by atoms with E-state index in [1.54, 1.807) is 0 Å². The van der Waals surface area contributed by atoms with Crippen molar-refractivity contribution in [2.75, 3.05) is 6.61 Å². The van der Waals surface area contributed by atoms with Crippen molar-refractivity contribution in [3.05, 3.63) is 20.5 Å². The molecule has 0 radical (unpaired) electrons. The molecule has 2 rings (SSSR count). The summed E-state index contributed by atoms with van der Waals surface area (Å²) in [5, 5.41) is 10.7. The van der Waals surface area contributed by atoms with E-state index in [0.29, 0.717) is 30.8 Å². The molecule has 1 aliphatic carbocycles. The van der Waals surface area contributed by atoms with Crippen molar-refractivity contribution in [1.29, 1.82) is 0 Å². The largest absolute Gasteiger partial charge is 0.378 e. The Morgan fingerprint density at radius 3 is 2.75 bits per heavy atom. The minimum absolute atomic E-state index is 0.0777. The van der Waals surface area contributed by atoms with E-state index >= 15 is 0 Å². The summed E-state index contributed by atoms with van der Waals surface area (Å²) >= 11 is 6.34. The van der Waals surface area contributed by atoms with E-state index < -0.39 is 20.6 Å². The Hall–Kier alpha value is -0.740. The Kier molecular flexibility index (Phi) is 4.65. The van der Waals surface area contributed by atoms with Gasteiger partial charge < -0.3 is 4.74 Å². The molecule has 1 aromatic heterocycles. The summed E-state index contributed by atoms with van der Waals surface area (Å²) < 4.78 is 31.7. The highest BCUT2D eigenvalue weighted by Crippen LogP contribution is 2.36. The van der Waals surface area contributed by atoms with Crippen LogP contribution >= 0.6 is 22.9 Å². The SMILES string of the molecule is CCOC1CC(NS(=O)(=O)c2cc([N+](=O)[O-])c(Cl)s2)C1. The van der Waals surface area contributed by atoms with E-state index in [9.17, 15) is 18.5 Å². The van der Waals surface area contributed by atoms with Crippen LogP contribution in [0, 0.1) is 10.1 Å². The van der Waals surface area contributed by atoms with Gasteiger partial charge in [-0.3, -0.25) is 10.1 Å². The van der Waals surface area contributed by atoms with Gasteiger partial charge in [0.25, 0.3) is 15.7 Å². The van der Waals surface area contributed by atoms with Crippen molar-refractivity contribution < 1.29 is 18.1 Å². The molecule has 0 unspecified atom stereocenters. The van der Waals surface area contributed by atoms with Crippen LogP contribution in [-0.2, 0) is 14.8 Å². The van der Waals surface area contributed by atoms with Crippen molar-refractivity contribution >= 4 is 38.6 Å². The highest BCUT2D eigenvalue weighted by Gasteiger charge is 2.34. The predicted molar refractivity (Wildman–Crippen MR) is 74.7 cm³/mol. The number of halogens is 1. The van der Waals surface area contributed by atoms with Crippen LogP contribution in [0.2, 0.25) is 4.34 Å². The number of sulfonamides is 1. The van der Waals surface area contributed by atoms with E-state index in [2.05, 4.69) is 4.72 Å². The molecule has 1 N–H and O–H groups in total. The summed E-state index contributed by atoms with van der Waals surface area (Å²) in [7, 11) is -3.77. The maximum absolute atomic E-state index is 12.1. The van der Waals surface area contributed by atoms with Gasteiger partial charge in [0.2, 0.25) is 0 Å². The van der Waals surface area contributed by atoms with Gasteiger partial charge in [0.15, 0.2) is 4.34 Å². The van der Waals surface area contributed by atoms with Gasteiger partial charge in [-0.15, -0.1) is 11.3 Å². The number of nitrogens with zero attached hydrogens (tertiary/aromatic N) is 1. The number of rotatable bonds is 6. The van der Waals surface area contributed by atoms with Gasteiger partial charge in [0, 0.05) is 18.7 Å². The molecule has 10 heteroatoms. The fourth-order valence-corrected chi connectivity index (χ4v) is 4.85. The highest BCUT2D eigenvalue weighted by molar-refractivity contribution is 7.91. The fourth-order valence-electron chi connectivity index (χ4n) is 1.91. The Morgan fingerprint density at radius 1 is 1.60 bits per heavy atom. The maximum atomic E-state index is 12.1. The van der Waals surface area contributed by atoms with E-state index in [1.165, 1.54) is 0 Å². The quantitative estimate of drug-likeness (QED) is 0.632. The van der Waals surface area contributed by atoms with E-state index in [0.717, 1.165) is 6.07 Å². The van der Waals surface area contributed by atoms with Gasteiger partial charge in [-0.1, -0.05) is 11.6 Å². The zero-order chi connectivity index (χ0) is 14.9. The second kappa shape index (κ2) is 5.94. The van der Waals surface area contributed by atoms with Gasteiger partial charge >= 0.3 is 0 Å². The van der Waals surface area contributed by atoms with Crippen LogP contribution < -0.4 is 4.72 Å². The smallest absolute Gasteiger partial charge is 0.300 e. The number of nitrogens with one attached hydrogen (secondary N) is 1. The summed E-state index contributed by atoms with van der Waals surface area (Å²) in [5.74, 6) is 0. The molecule has 1 fully saturated rings. The summed E-state index contributed by atoms with van der Waals surface area (Å²) in [6, 6.07) is 0.782. The highest BCUT2D eigenvalue weighted by atomic mass is 35.5. The number of nitro groups is 1. The molecule has 0 spiro atoms. The maximum Gasteiger partial charge on any atom is 0.300 e. The molecule has 0 amide bonds. The topological polar surface area (TPSA) is 98.5 Å². The van der Waals surface area contributed by atoms with Gasteiger partial charge in [0.1, 0.15) is 4.21 Å². The molecule has 0 atom stereocenters. The van der Waals surface area contributed by atoms with Crippen LogP contribution in [0.1, 0.15) is 19.8 Å². The molecule has 0 aliphatic heterocycles. The first-order valence-electron chi connectivity index (χ1n) is 5.91. The molecule has 1 saturated carbocycles. The molecule has 0 aromatic carbocycles. The lowest BCUT2D eigenvalue weighted by Crippen LogP contribution is -2.47. The minimum Gasteiger partial charge on any atom is -0.378 e. The lowest BCUT2D eigenvalue weighted by molar-refractivity contribution is -0.384. The third kappa shape index (κ3) is 3.29. The average Bonchev–Trinajstić information content (AvgIpc) is 2.69. The number of ether oxygens (including phenoxy) is 1. The Morgan fingerprint density at radius 2 is 2.25 bits per heavy atom. The summed E-state index contributed by atoms with van der Waals surface area (Å²) in [6.45, 7) is 2.47. The minimum atomic E-state index is -3.77. The zero-order valence-corrected chi connectivity index (χ0v) is 12.9. The Balaban J connectivity index is 2.04. The standard InChI is InChI=1S/C10H13ClN2O5S2/c1-2-18-7-3-6(4-7)12-20(16,17)9-5-8(13(14)15)10(11)19-9/h5-7,12H,2-4H2,1H3. The summed E-state index contributed by atoms with van der Waals surface area (Å²) in [5.41, 5.74) is -0.391. The molecule has 20 heavy (non-hydrogen) atoms. The third-order valence-corrected chi connectivity index (χ3v) is 6.26. The van der Waals surface area contributed by atoms with E-state index in [-0.39, 0.29) is 20.7 Å². The normalized spacial score (nSPS) is 22.5. The number of hydrogen-bond acceptors (Lipinski definition) is 6. The van der Waals surface area contributed by atoms with Crippen molar-refractivity contribution in [3.8, 4) is 0 Å². The predicted octanol–water partition coefficient (Wildman–Crippen LogP) is 2.16. The van der Waals surface area contributed by atoms with Crippen LogP contribution in [0.5, 0.6) is 0 Å². The van der Waals surface area contributed by atoms with Crippen LogP contribution in [0.4, 0.5) is 5.69 Å². The lowest BCUT2D eigenvalue weighted by atomic mass is 9.90. The monoisotopic (exact) mass is 340 g/mol. The van der Waals surface area contributed by atoms with Gasteiger partial charge in [-0.05, 0) is 19.8 Å². The molecule has 112 valence electrons. The second-order valence-electron chi connectivity index (χ2n) is 4.35. The van der Waals surface area contributed by atoms with Crippen LogP contribution in [-0.4, -0.2) is 32.1 Å². The van der Waals surface area contributed by atoms with Gasteiger partial charge in [0.05, 0.1) is 11.0 Å². The Labute approximate surface area is 125 Å². The van der Waals surface area contributed by atoms with Crippen molar-refractivity contribution in [1.82, 2.24) is 4.72 Å². The number of thiophene rings is 1. The molecule has 1 aliphatic rings. The van der Waals surface area contributed by atoms with Crippen LogP contribution in [0.25, 0.3) is 0 Å². The van der Waals surface area contributed by atoms with E-state index in [1.807, 2.05) is 6.92 Å². The molecular formula is C10H13ClN2O5S2. The first-order chi connectivity index (χ1) is 9.33. The number of hydrogen-bond donors (Lipinski definition) is 1. The Bertz CT molecular complexity index is 609. The molecule has 1 heterocycles. The second-order valence-corrected chi connectivity index (χ2v) is 7.94. The molecule has 0 bridgehead atoms. The summed E-state index contributed by atoms with van der Waals surface area (Å²) in [6.07, 6.45) is 1.29. The first-order valence-corrected chi connectivity index (χ1v) is 8.59. The third-order valence-electron chi connectivity index (χ3n) is 2.93. The lowest BCUT2D eigenvalue weighted by Gasteiger charge is -2.34. The van der Waals surface area contributed by atoms with Crippen LogP contribution in [0.15, 0.2) is 10.3 Å². The summed E-state index contributed by atoms with van der Waals surface area (Å²) in [4.78, 5) is 9.96. The van der Waals surface area contributed by atoms with Crippen molar-refractivity contribution in [2.45, 2.75) is 36.1 Å². The molecular weight excluding hydrogens is 328 g/mol. The van der Waals surface area contributed by atoms with Gasteiger partial charge in [-0.25, -0.2) is 13.1 Å². The molecule has 0 saturated heterocycles.